The van der Waals surface area contributed by atoms with E-state index in [0.717, 1.165) is 55.4 Å². The Morgan fingerprint density at radius 3 is 1.58 bits per heavy atom. The van der Waals surface area contributed by atoms with E-state index >= 15 is 0 Å². The van der Waals surface area contributed by atoms with Crippen LogP contribution >= 0.6 is 0 Å². The molecule has 0 aliphatic rings. The Hall–Kier alpha value is -6.85. The van der Waals surface area contributed by atoms with Gasteiger partial charge in [0.1, 0.15) is 11.2 Å². The molecule has 50 heavy (non-hydrogen) atoms. The molecule has 3 heterocycles. The van der Waals surface area contributed by atoms with Crippen LogP contribution in [0.1, 0.15) is 0 Å². The van der Waals surface area contributed by atoms with Crippen molar-refractivity contribution in [3.8, 4) is 51.0 Å². The van der Waals surface area contributed by atoms with E-state index in [9.17, 15) is 0 Å². The van der Waals surface area contributed by atoms with Crippen LogP contribution in [0, 0.1) is 0 Å². The Labute approximate surface area is 287 Å². The number of furan rings is 1. The van der Waals surface area contributed by atoms with Crippen LogP contribution in [-0.4, -0.2) is 19.5 Å². The lowest BCUT2D eigenvalue weighted by atomic mass is 10.0. The third-order valence-electron chi connectivity index (χ3n) is 9.48. The van der Waals surface area contributed by atoms with Crippen LogP contribution in [0.3, 0.4) is 0 Å². The van der Waals surface area contributed by atoms with E-state index in [1.54, 1.807) is 0 Å². The molecule has 0 atom stereocenters. The van der Waals surface area contributed by atoms with Crippen LogP contribution in [0.5, 0.6) is 0 Å². The van der Waals surface area contributed by atoms with Gasteiger partial charge in [-0.05, 0) is 53.6 Å². The molecule has 0 saturated carbocycles. The third kappa shape index (κ3) is 4.60. The van der Waals surface area contributed by atoms with Gasteiger partial charge < -0.3 is 8.98 Å². The smallest absolute Gasteiger partial charge is 0.164 e. The van der Waals surface area contributed by atoms with Crippen molar-refractivity contribution < 1.29 is 4.42 Å². The van der Waals surface area contributed by atoms with Gasteiger partial charge in [0.2, 0.25) is 0 Å². The first-order chi connectivity index (χ1) is 24.8. The summed E-state index contributed by atoms with van der Waals surface area (Å²) in [5, 5.41) is 4.52. The Morgan fingerprint density at radius 2 is 0.940 bits per heavy atom. The first kappa shape index (κ1) is 28.2. The number of hydrogen-bond acceptors (Lipinski definition) is 4. The number of nitrogens with zero attached hydrogens (tertiary/aromatic N) is 4. The number of fused-ring (bicyclic) bond motifs is 6. The van der Waals surface area contributed by atoms with Gasteiger partial charge >= 0.3 is 0 Å². The van der Waals surface area contributed by atoms with Gasteiger partial charge in [-0.3, -0.25) is 0 Å². The van der Waals surface area contributed by atoms with E-state index in [0.29, 0.717) is 17.5 Å². The first-order valence-corrected chi connectivity index (χ1v) is 16.7. The standard InChI is InChI=1S/C45H28N4O/c1-3-12-30(13-4-1)43-46-44(31-14-5-2-6-15-31)48-45(47-43)37-18-11-21-40-42(37)36-27-24-32(28-41(36)50-40)29-22-25-33(26-23-29)49-38-19-9-7-16-34(38)35-17-8-10-20-39(35)49/h1-28H. The molecule has 10 aromatic rings. The molecule has 10 rings (SSSR count). The molecular weight excluding hydrogens is 613 g/mol. The minimum Gasteiger partial charge on any atom is -0.456 e. The molecule has 0 saturated heterocycles. The van der Waals surface area contributed by atoms with Gasteiger partial charge in [-0.2, -0.15) is 0 Å². The minimum atomic E-state index is 0.607. The summed E-state index contributed by atoms with van der Waals surface area (Å²) in [5.41, 5.74) is 10.1. The second-order valence-corrected chi connectivity index (χ2v) is 12.4. The molecular formula is C45H28N4O. The van der Waals surface area contributed by atoms with Gasteiger partial charge in [-0.1, -0.05) is 127 Å². The number of hydrogen-bond donors (Lipinski definition) is 0. The zero-order valence-electron chi connectivity index (χ0n) is 26.9. The predicted molar refractivity (Wildman–Crippen MR) is 203 cm³/mol. The van der Waals surface area contributed by atoms with Gasteiger partial charge in [0.15, 0.2) is 17.5 Å². The highest BCUT2D eigenvalue weighted by atomic mass is 16.3. The Balaban J connectivity index is 1.07. The lowest BCUT2D eigenvalue weighted by Crippen LogP contribution is -2.00. The molecule has 5 nitrogen and oxygen atoms in total. The first-order valence-electron chi connectivity index (χ1n) is 16.7. The molecule has 0 unspecified atom stereocenters. The van der Waals surface area contributed by atoms with Gasteiger partial charge in [0.25, 0.3) is 0 Å². The molecule has 0 spiro atoms. The van der Waals surface area contributed by atoms with Crippen molar-refractivity contribution in [3.05, 3.63) is 170 Å². The van der Waals surface area contributed by atoms with Crippen LogP contribution in [0.15, 0.2) is 174 Å². The Kier molecular flexibility index (Phi) is 6.42. The average molecular weight is 641 g/mol. The van der Waals surface area contributed by atoms with Crippen LogP contribution < -0.4 is 0 Å². The molecule has 5 heteroatoms. The summed E-state index contributed by atoms with van der Waals surface area (Å²) in [5.74, 6) is 1.87. The van der Waals surface area contributed by atoms with E-state index < -0.39 is 0 Å². The average Bonchev–Trinajstić information content (AvgIpc) is 3.74. The monoisotopic (exact) mass is 640 g/mol. The highest BCUT2D eigenvalue weighted by Crippen LogP contribution is 2.39. The van der Waals surface area contributed by atoms with E-state index in [4.69, 9.17) is 19.4 Å². The molecule has 0 radical (unpaired) electrons. The van der Waals surface area contributed by atoms with Crippen molar-refractivity contribution >= 4 is 43.7 Å². The van der Waals surface area contributed by atoms with Crippen molar-refractivity contribution in [2.24, 2.45) is 0 Å². The highest BCUT2D eigenvalue weighted by Gasteiger charge is 2.18. The van der Waals surface area contributed by atoms with Crippen LogP contribution in [0.4, 0.5) is 0 Å². The number of rotatable bonds is 5. The fourth-order valence-corrected chi connectivity index (χ4v) is 7.12. The van der Waals surface area contributed by atoms with E-state index in [1.807, 2.05) is 72.8 Å². The van der Waals surface area contributed by atoms with Crippen molar-refractivity contribution in [1.29, 1.82) is 0 Å². The minimum absolute atomic E-state index is 0.607. The van der Waals surface area contributed by atoms with E-state index in [1.165, 1.54) is 21.8 Å². The lowest BCUT2D eigenvalue weighted by Gasteiger charge is -2.10. The van der Waals surface area contributed by atoms with Gasteiger partial charge in [0.05, 0.1) is 11.0 Å². The molecule has 0 bridgehead atoms. The van der Waals surface area contributed by atoms with Crippen LogP contribution in [0.25, 0.3) is 94.7 Å². The summed E-state index contributed by atoms with van der Waals surface area (Å²) < 4.78 is 8.85. The third-order valence-corrected chi connectivity index (χ3v) is 9.48. The van der Waals surface area contributed by atoms with Crippen LogP contribution in [0.2, 0.25) is 0 Å². The fraction of sp³-hybridized carbons (Fsp3) is 0. The molecule has 0 N–H and O–H groups in total. The molecule has 3 aromatic heterocycles. The quantitative estimate of drug-likeness (QED) is 0.188. The zero-order valence-corrected chi connectivity index (χ0v) is 26.9. The number of benzene rings is 7. The van der Waals surface area contributed by atoms with Crippen molar-refractivity contribution in [3.63, 3.8) is 0 Å². The summed E-state index contributed by atoms with van der Waals surface area (Å²) in [6.45, 7) is 0. The van der Waals surface area contributed by atoms with E-state index in [2.05, 4.69) is 102 Å². The van der Waals surface area contributed by atoms with Gasteiger partial charge in [-0.15, -0.1) is 0 Å². The highest BCUT2D eigenvalue weighted by molar-refractivity contribution is 6.12. The van der Waals surface area contributed by atoms with Crippen molar-refractivity contribution in [2.45, 2.75) is 0 Å². The molecule has 0 aliphatic heterocycles. The van der Waals surface area contributed by atoms with E-state index in [-0.39, 0.29) is 0 Å². The lowest BCUT2D eigenvalue weighted by molar-refractivity contribution is 0.669. The maximum absolute atomic E-state index is 6.51. The summed E-state index contributed by atoms with van der Waals surface area (Å²) in [6, 6.07) is 58.6. The topological polar surface area (TPSA) is 56.7 Å². The molecule has 7 aromatic carbocycles. The molecule has 0 aliphatic carbocycles. The molecule has 0 amide bonds. The van der Waals surface area contributed by atoms with Gasteiger partial charge in [-0.25, -0.2) is 15.0 Å². The maximum atomic E-state index is 6.51. The van der Waals surface area contributed by atoms with Crippen molar-refractivity contribution in [2.75, 3.05) is 0 Å². The summed E-state index contributed by atoms with van der Waals surface area (Å²) in [4.78, 5) is 14.9. The SMILES string of the molecule is c1ccc(-c2nc(-c3ccccc3)nc(-c3cccc4oc5cc(-c6ccc(-n7c8ccccc8c8ccccc87)cc6)ccc5c34)n2)cc1. The number of aromatic nitrogens is 4. The Bertz CT molecular complexity index is 2740. The summed E-state index contributed by atoms with van der Waals surface area (Å²) >= 11 is 0. The molecule has 0 fully saturated rings. The fourth-order valence-electron chi connectivity index (χ4n) is 7.12. The summed E-state index contributed by atoms with van der Waals surface area (Å²) in [6.07, 6.45) is 0. The second kappa shape index (κ2) is 11.4. The van der Waals surface area contributed by atoms with Gasteiger partial charge in [0, 0.05) is 43.9 Å². The zero-order chi connectivity index (χ0) is 33.0. The summed E-state index contributed by atoms with van der Waals surface area (Å²) in [7, 11) is 0. The second-order valence-electron chi connectivity index (χ2n) is 12.4. The normalized spacial score (nSPS) is 11.6. The van der Waals surface area contributed by atoms with Crippen molar-refractivity contribution in [1.82, 2.24) is 19.5 Å². The maximum Gasteiger partial charge on any atom is 0.164 e. The number of para-hydroxylation sites is 2. The Morgan fingerprint density at radius 1 is 0.380 bits per heavy atom. The van der Waals surface area contributed by atoms with Crippen LogP contribution in [-0.2, 0) is 0 Å². The predicted octanol–water partition coefficient (Wildman–Crippen LogP) is 11.5. The molecule has 234 valence electrons. The largest absolute Gasteiger partial charge is 0.456 e.